The summed E-state index contributed by atoms with van der Waals surface area (Å²) in [6, 6.07) is 8.42. The zero-order valence-electron chi connectivity index (χ0n) is 20.1. The molecule has 3 aromatic rings. The zero-order valence-corrected chi connectivity index (χ0v) is 20.1. The molecule has 2 aliphatic heterocycles. The molecule has 2 fully saturated rings. The summed E-state index contributed by atoms with van der Waals surface area (Å²) in [7, 11) is 0. The number of nitrogens with one attached hydrogen (secondary N) is 1. The predicted octanol–water partition coefficient (Wildman–Crippen LogP) is 3.53. The Kier molecular flexibility index (Phi) is 7.60. The fourth-order valence-corrected chi connectivity index (χ4v) is 4.63. The van der Waals surface area contributed by atoms with Gasteiger partial charge < -0.3 is 15.8 Å². The van der Waals surface area contributed by atoms with Gasteiger partial charge in [-0.3, -0.25) is 14.9 Å². The maximum absolute atomic E-state index is 15.1. The van der Waals surface area contributed by atoms with Crippen LogP contribution in [0.3, 0.4) is 0 Å². The third-order valence-electron chi connectivity index (χ3n) is 6.72. The molecule has 0 atom stereocenters. The van der Waals surface area contributed by atoms with Gasteiger partial charge in [-0.2, -0.15) is 0 Å². The Morgan fingerprint density at radius 3 is 2.64 bits per heavy atom. The Labute approximate surface area is 209 Å². The number of nitrogens with two attached hydrogens (primary N) is 1. The van der Waals surface area contributed by atoms with Gasteiger partial charge >= 0.3 is 0 Å². The Hall–Kier alpha value is -3.27. The number of ether oxygens (including phenoxy) is 1. The lowest BCUT2D eigenvalue weighted by atomic mass is 10.0. The van der Waals surface area contributed by atoms with Crippen LogP contribution in [0.4, 0.5) is 8.78 Å². The monoisotopic (exact) mass is 492 g/mol. The molecule has 3 N–H and O–H groups in total. The summed E-state index contributed by atoms with van der Waals surface area (Å²) in [6.45, 7) is 4.55. The minimum atomic E-state index is -0.575. The highest BCUT2D eigenvalue weighted by Gasteiger charge is 2.19. The van der Waals surface area contributed by atoms with Gasteiger partial charge in [0.25, 0.3) is 0 Å². The predicted molar refractivity (Wildman–Crippen MR) is 138 cm³/mol. The molecule has 9 heteroatoms. The Morgan fingerprint density at radius 2 is 1.92 bits per heavy atom. The first-order valence-corrected chi connectivity index (χ1v) is 12.3. The van der Waals surface area contributed by atoms with Gasteiger partial charge in [0.1, 0.15) is 11.6 Å². The van der Waals surface area contributed by atoms with Crippen molar-refractivity contribution in [3.05, 3.63) is 65.6 Å². The van der Waals surface area contributed by atoms with Crippen LogP contribution in [-0.4, -0.2) is 66.5 Å². The van der Waals surface area contributed by atoms with Crippen molar-refractivity contribution in [3.63, 3.8) is 0 Å². The van der Waals surface area contributed by atoms with E-state index in [1.54, 1.807) is 18.5 Å². The number of piperidine rings is 1. The summed E-state index contributed by atoms with van der Waals surface area (Å²) in [5, 5.41) is 3.33. The van der Waals surface area contributed by atoms with Crippen molar-refractivity contribution < 1.29 is 13.5 Å². The second-order valence-electron chi connectivity index (χ2n) is 9.12. The van der Waals surface area contributed by atoms with Crippen LogP contribution in [-0.2, 0) is 11.3 Å². The van der Waals surface area contributed by atoms with Crippen molar-refractivity contribution in [1.82, 2.24) is 20.2 Å². The second kappa shape index (κ2) is 11.2. The van der Waals surface area contributed by atoms with Crippen LogP contribution in [0.1, 0.15) is 24.1 Å². The molecule has 2 aliphatic rings. The van der Waals surface area contributed by atoms with Gasteiger partial charge in [0.15, 0.2) is 0 Å². The molecule has 36 heavy (non-hydrogen) atoms. The van der Waals surface area contributed by atoms with E-state index in [0.29, 0.717) is 59.7 Å². The molecular formula is C27H30F2N6O. The van der Waals surface area contributed by atoms with Crippen molar-refractivity contribution >= 4 is 22.8 Å². The van der Waals surface area contributed by atoms with Crippen molar-refractivity contribution in [2.45, 2.75) is 25.4 Å². The number of halogens is 2. The third kappa shape index (κ3) is 5.43. The molecule has 0 bridgehead atoms. The van der Waals surface area contributed by atoms with Crippen molar-refractivity contribution in [2.75, 3.05) is 39.4 Å². The lowest BCUT2D eigenvalue weighted by molar-refractivity contribution is 0.0332. The molecule has 0 unspecified atom stereocenters. The molecule has 0 aliphatic carbocycles. The molecule has 0 radical (unpaired) electrons. The fourth-order valence-electron chi connectivity index (χ4n) is 4.63. The lowest BCUT2D eigenvalue weighted by Crippen LogP contribution is -2.36. The molecule has 0 amide bonds. The van der Waals surface area contributed by atoms with Gasteiger partial charge in [0, 0.05) is 48.7 Å². The number of allylic oxidation sites excluding steroid dienone is 1. The van der Waals surface area contributed by atoms with E-state index >= 15 is 8.78 Å². The number of fused-ring (bicyclic) bond motifs is 1. The molecule has 7 nitrogen and oxygen atoms in total. The summed E-state index contributed by atoms with van der Waals surface area (Å²) < 4.78 is 35.6. The lowest BCUT2D eigenvalue weighted by Gasteiger charge is -2.27. The number of hydrogen-bond donors (Lipinski definition) is 2. The first-order valence-electron chi connectivity index (χ1n) is 12.3. The van der Waals surface area contributed by atoms with Gasteiger partial charge in [0.05, 0.1) is 42.2 Å². The Morgan fingerprint density at radius 1 is 1.17 bits per heavy atom. The van der Waals surface area contributed by atoms with E-state index in [1.807, 2.05) is 17.0 Å². The van der Waals surface area contributed by atoms with Crippen molar-refractivity contribution in [2.24, 2.45) is 10.7 Å². The van der Waals surface area contributed by atoms with Crippen LogP contribution >= 0.6 is 0 Å². The van der Waals surface area contributed by atoms with E-state index in [4.69, 9.17) is 15.5 Å². The van der Waals surface area contributed by atoms with Crippen molar-refractivity contribution in [3.8, 4) is 11.1 Å². The minimum Gasteiger partial charge on any atom is -0.404 e. The summed E-state index contributed by atoms with van der Waals surface area (Å²) in [5.74, 6) is -1.15. The normalized spacial score (nSPS) is 18.3. The van der Waals surface area contributed by atoms with Gasteiger partial charge in [-0.05, 0) is 49.7 Å². The highest BCUT2D eigenvalue weighted by Crippen LogP contribution is 2.30. The van der Waals surface area contributed by atoms with Gasteiger partial charge in [-0.15, -0.1) is 0 Å². The maximum atomic E-state index is 15.1. The molecule has 0 spiro atoms. The van der Waals surface area contributed by atoms with Crippen molar-refractivity contribution in [1.29, 1.82) is 0 Å². The molecule has 2 aromatic carbocycles. The second-order valence-corrected chi connectivity index (χ2v) is 9.12. The maximum Gasteiger partial charge on any atom is 0.131 e. The highest BCUT2D eigenvalue weighted by molar-refractivity contribution is 6.09. The first kappa shape index (κ1) is 24.4. The Bertz CT molecular complexity index is 1260. The van der Waals surface area contributed by atoms with Gasteiger partial charge in [-0.25, -0.2) is 13.8 Å². The summed E-state index contributed by atoms with van der Waals surface area (Å²) in [6.07, 6.45) is 6.80. The Balaban J connectivity index is 1.46. The summed E-state index contributed by atoms with van der Waals surface area (Å²) in [4.78, 5) is 16.0. The average Bonchev–Trinajstić information content (AvgIpc) is 2.92. The molecule has 188 valence electrons. The average molecular weight is 493 g/mol. The number of nitrogens with zero attached hydrogens (tertiary/aromatic N) is 4. The quantitative estimate of drug-likeness (QED) is 0.512. The smallest absolute Gasteiger partial charge is 0.131 e. The van der Waals surface area contributed by atoms with Crippen LogP contribution in [0.25, 0.3) is 27.7 Å². The van der Waals surface area contributed by atoms with Gasteiger partial charge in [0.2, 0.25) is 0 Å². The van der Waals surface area contributed by atoms with Crippen LogP contribution in [0.15, 0.2) is 47.7 Å². The highest BCUT2D eigenvalue weighted by atomic mass is 19.1. The number of hydrogen-bond acceptors (Lipinski definition) is 7. The van der Waals surface area contributed by atoms with E-state index in [9.17, 15) is 0 Å². The molecule has 5 rings (SSSR count). The minimum absolute atomic E-state index is 0.0649. The van der Waals surface area contributed by atoms with E-state index in [1.165, 1.54) is 18.3 Å². The molecule has 1 aromatic heterocycles. The van der Waals surface area contributed by atoms with E-state index in [0.717, 1.165) is 25.9 Å². The fraction of sp³-hybridized carbons (Fsp3) is 0.370. The number of benzene rings is 2. The number of aliphatic imine (C=N–C) groups is 1. The zero-order chi connectivity index (χ0) is 24.9. The van der Waals surface area contributed by atoms with E-state index in [2.05, 4.69) is 15.3 Å². The van der Waals surface area contributed by atoms with Crippen LogP contribution in [0.2, 0.25) is 0 Å². The number of aromatic nitrogens is 2. The molecule has 0 saturated carbocycles. The topological polar surface area (TPSA) is 88.7 Å². The summed E-state index contributed by atoms with van der Waals surface area (Å²) in [5.41, 5.74) is 9.36. The third-order valence-corrected chi connectivity index (χ3v) is 6.72. The number of para-hydroxylation sites is 1. The first-order chi connectivity index (χ1) is 17.6. The number of rotatable bonds is 6. The number of morpholine rings is 1. The van der Waals surface area contributed by atoms with Crippen LogP contribution in [0, 0.1) is 11.6 Å². The van der Waals surface area contributed by atoms with Crippen LogP contribution in [0.5, 0.6) is 0 Å². The molecule has 2 saturated heterocycles. The molecule has 3 heterocycles. The van der Waals surface area contributed by atoms with E-state index in [-0.39, 0.29) is 18.2 Å². The summed E-state index contributed by atoms with van der Waals surface area (Å²) >= 11 is 0. The molecular weight excluding hydrogens is 462 g/mol. The van der Waals surface area contributed by atoms with Gasteiger partial charge in [-0.1, -0.05) is 12.1 Å². The standard InChI is InChI=1S/C27H30F2N6O/c28-23-12-18(13-24(29)22(23)17-35-8-10-36-11-9-35)21-2-1-3-25-27(21)34-26(16-33-25)19(14-30)15-32-20-4-6-31-7-5-20/h1-3,12-16,20,31H,4-11,17,30H2. The van der Waals surface area contributed by atoms with Crippen LogP contribution < -0.4 is 11.1 Å². The van der Waals surface area contributed by atoms with E-state index < -0.39 is 11.6 Å². The largest absolute Gasteiger partial charge is 0.404 e. The SMILES string of the molecule is NC=C(C=NC1CCNCC1)c1cnc2cccc(-c3cc(F)c(CN4CCOCC4)c(F)c3)c2n1.